The number of piperidine rings is 1. The Bertz CT molecular complexity index is 844. The number of ketones is 1. The van der Waals surface area contributed by atoms with Gasteiger partial charge in [-0.15, -0.1) is 0 Å². The highest BCUT2D eigenvalue weighted by atomic mass is 19.1. The van der Waals surface area contributed by atoms with Crippen molar-refractivity contribution in [1.82, 2.24) is 10.2 Å². The number of amides is 1. The van der Waals surface area contributed by atoms with Crippen molar-refractivity contribution < 1.29 is 14.0 Å². The number of nitrogens with one attached hydrogen (secondary N) is 1. The van der Waals surface area contributed by atoms with Crippen LogP contribution in [0.2, 0.25) is 0 Å². The number of rotatable bonds is 5. The van der Waals surface area contributed by atoms with Crippen LogP contribution in [0, 0.1) is 11.7 Å². The van der Waals surface area contributed by atoms with Crippen LogP contribution in [0.15, 0.2) is 48.5 Å². The van der Waals surface area contributed by atoms with Crippen molar-refractivity contribution in [2.24, 2.45) is 5.92 Å². The smallest absolute Gasteiger partial charge is 0.254 e. The van der Waals surface area contributed by atoms with Crippen molar-refractivity contribution >= 4 is 11.7 Å². The Morgan fingerprint density at radius 2 is 1.81 bits per heavy atom. The summed E-state index contributed by atoms with van der Waals surface area (Å²) in [5.74, 6) is -0.0936. The van der Waals surface area contributed by atoms with E-state index in [0.29, 0.717) is 12.1 Å². The van der Waals surface area contributed by atoms with Crippen molar-refractivity contribution in [3.63, 3.8) is 0 Å². The predicted molar refractivity (Wildman–Crippen MR) is 101 cm³/mol. The summed E-state index contributed by atoms with van der Waals surface area (Å²) < 4.78 is 13.2. The van der Waals surface area contributed by atoms with E-state index in [1.165, 1.54) is 24.3 Å². The van der Waals surface area contributed by atoms with Crippen LogP contribution in [0.25, 0.3) is 0 Å². The second-order valence-electron chi connectivity index (χ2n) is 7.38. The Balaban J connectivity index is 1.59. The van der Waals surface area contributed by atoms with Gasteiger partial charge in [0.2, 0.25) is 0 Å². The molecule has 1 amide bonds. The van der Waals surface area contributed by atoms with Gasteiger partial charge in [0.25, 0.3) is 5.91 Å². The van der Waals surface area contributed by atoms with Crippen LogP contribution in [0.1, 0.15) is 45.5 Å². The molecule has 1 saturated heterocycles. The van der Waals surface area contributed by atoms with E-state index in [1.807, 2.05) is 29.2 Å². The maximum absolute atomic E-state index is 13.2. The van der Waals surface area contributed by atoms with Crippen molar-refractivity contribution in [3.05, 3.63) is 71.0 Å². The minimum Gasteiger partial charge on any atom is -0.331 e. The highest BCUT2D eigenvalue weighted by Crippen LogP contribution is 2.32. The summed E-state index contributed by atoms with van der Waals surface area (Å²) in [6.07, 6.45) is 2.17. The van der Waals surface area contributed by atoms with E-state index >= 15 is 0 Å². The number of benzene rings is 2. The van der Waals surface area contributed by atoms with E-state index in [2.05, 4.69) is 5.32 Å². The minimum atomic E-state index is -0.355. The Kier molecular flexibility index (Phi) is 5.03. The van der Waals surface area contributed by atoms with E-state index in [1.54, 1.807) is 0 Å². The Labute approximate surface area is 158 Å². The van der Waals surface area contributed by atoms with Crippen LogP contribution in [-0.4, -0.2) is 35.7 Å². The van der Waals surface area contributed by atoms with Gasteiger partial charge in [0.05, 0.1) is 0 Å². The molecule has 27 heavy (non-hydrogen) atoms. The number of fused-ring (bicyclic) bond motifs is 1. The molecule has 1 N–H and O–H groups in total. The maximum atomic E-state index is 13.2. The Morgan fingerprint density at radius 3 is 2.52 bits per heavy atom. The van der Waals surface area contributed by atoms with E-state index in [9.17, 15) is 14.0 Å². The molecule has 2 aromatic rings. The SMILES string of the molecule is O=C(C[C@@H](C1CCNCC1)N1Cc2ccccc2C1=O)c1ccc(F)cc1. The van der Waals surface area contributed by atoms with Crippen LogP contribution in [0.4, 0.5) is 4.39 Å². The molecule has 0 spiro atoms. The molecule has 5 heteroatoms. The summed E-state index contributed by atoms with van der Waals surface area (Å²) in [6, 6.07) is 13.2. The third-order valence-corrected chi connectivity index (χ3v) is 5.74. The monoisotopic (exact) mass is 366 g/mol. The quantitative estimate of drug-likeness (QED) is 0.825. The lowest BCUT2D eigenvalue weighted by molar-refractivity contribution is 0.0567. The molecular formula is C22H23FN2O2. The fourth-order valence-electron chi connectivity index (χ4n) is 4.25. The number of halogens is 1. The molecule has 0 aromatic heterocycles. The van der Waals surface area contributed by atoms with Gasteiger partial charge in [-0.1, -0.05) is 18.2 Å². The average molecular weight is 366 g/mol. The molecule has 4 nitrogen and oxygen atoms in total. The van der Waals surface area contributed by atoms with Gasteiger partial charge in [-0.2, -0.15) is 0 Å². The molecule has 1 fully saturated rings. The summed E-state index contributed by atoms with van der Waals surface area (Å²) in [4.78, 5) is 27.7. The van der Waals surface area contributed by atoms with Gasteiger partial charge in [0, 0.05) is 30.1 Å². The molecular weight excluding hydrogens is 343 g/mol. The first-order chi connectivity index (χ1) is 13.1. The average Bonchev–Trinajstić information content (AvgIpc) is 3.04. The number of carbonyl (C=O) groups excluding carboxylic acids is 2. The van der Waals surface area contributed by atoms with Crippen LogP contribution >= 0.6 is 0 Å². The normalized spacial score (nSPS) is 18.4. The number of hydrogen-bond acceptors (Lipinski definition) is 3. The van der Waals surface area contributed by atoms with E-state index < -0.39 is 0 Å². The first-order valence-electron chi connectivity index (χ1n) is 9.52. The van der Waals surface area contributed by atoms with Crippen LogP contribution < -0.4 is 5.32 Å². The number of nitrogens with zero attached hydrogens (tertiary/aromatic N) is 1. The molecule has 0 radical (unpaired) electrons. The lowest BCUT2D eigenvalue weighted by Crippen LogP contribution is -2.45. The molecule has 0 aliphatic carbocycles. The zero-order valence-corrected chi connectivity index (χ0v) is 15.2. The molecule has 2 aromatic carbocycles. The minimum absolute atomic E-state index is 0.0149. The van der Waals surface area contributed by atoms with Crippen LogP contribution in [0.3, 0.4) is 0 Å². The van der Waals surface area contributed by atoms with E-state index in [-0.39, 0.29) is 35.9 Å². The molecule has 1 atom stereocenters. The second-order valence-corrected chi connectivity index (χ2v) is 7.38. The number of Topliss-reactive ketones (excluding diaryl/α,β-unsaturated/α-hetero) is 1. The zero-order valence-electron chi connectivity index (χ0n) is 15.2. The Morgan fingerprint density at radius 1 is 1.11 bits per heavy atom. The first kappa shape index (κ1) is 17.9. The third-order valence-electron chi connectivity index (χ3n) is 5.74. The molecule has 4 rings (SSSR count). The molecule has 2 aliphatic heterocycles. The fourth-order valence-corrected chi connectivity index (χ4v) is 4.25. The fraction of sp³-hybridized carbons (Fsp3) is 0.364. The number of carbonyl (C=O) groups is 2. The maximum Gasteiger partial charge on any atom is 0.254 e. The zero-order chi connectivity index (χ0) is 18.8. The number of hydrogen-bond donors (Lipinski definition) is 1. The van der Waals surface area contributed by atoms with Crippen LogP contribution in [0.5, 0.6) is 0 Å². The standard InChI is InChI=1S/C22H23FN2O2/c23-18-7-5-16(6-8-18)21(26)13-20(15-9-11-24-12-10-15)25-14-17-3-1-2-4-19(17)22(25)27/h1-8,15,20,24H,9-14H2/t20-/m0/s1. The van der Waals surface area contributed by atoms with Gasteiger partial charge >= 0.3 is 0 Å². The second kappa shape index (κ2) is 7.61. The molecule has 2 aliphatic rings. The lowest BCUT2D eigenvalue weighted by atomic mass is 9.85. The van der Waals surface area contributed by atoms with Gasteiger partial charge in [-0.25, -0.2) is 4.39 Å². The lowest BCUT2D eigenvalue weighted by Gasteiger charge is -2.36. The molecule has 0 unspecified atom stereocenters. The van der Waals surface area contributed by atoms with Crippen molar-refractivity contribution in [3.8, 4) is 0 Å². The van der Waals surface area contributed by atoms with Crippen molar-refractivity contribution in [2.75, 3.05) is 13.1 Å². The molecule has 140 valence electrons. The molecule has 0 bridgehead atoms. The summed E-state index contributed by atoms with van der Waals surface area (Å²) in [6.45, 7) is 2.36. The van der Waals surface area contributed by atoms with Gasteiger partial charge in [0.1, 0.15) is 5.82 Å². The van der Waals surface area contributed by atoms with Gasteiger partial charge in [-0.05, 0) is 67.7 Å². The topological polar surface area (TPSA) is 49.4 Å². The largest absolute Gasteiger partial charge is 0.331 e. The summed E-state index contributed by atoms with van der Waals surface area (Å²) in [5.41, 5.74) is 2.26. The van der Waals surface area contributed by atoms with Crippen molar-refractivity contribution in [1.29, 1.82) is 0 Å². The third kappa shape index (κ3) is 3.65. The first-order valence-corrected chi connectivity index (χ1v) is 9.52. The highest BCUT2D eigenvalue weighted by Gasteiger charge is 2.38. The predicted octanol–water partition coefficient (Wildman–Crippen LogP) is 3.42. The van der Waals surface area contributed by atoms with Gasteiger partial charge in [-0.3, -0.25) is 9.59 Å². The summed E-state index contributed by atoms with van der Waals surface area (Å²) >= 11 is 0. The summed E-state index contributed by atoms with van der Waals surface area (Å²) in [7, 11) is 0. The van der Waals surface area contributed by atoms with Crippen LogP contribution in [-0.2, 0) is 6.54 Å². The molecule has 2 heterocycles. The van der Waals surface area contributed by atoms with Gasteiger partial charge in [0.15, 0.2) is 5.78 Å². The molecule has 0 saturated carbocycles. The van der Waals surface area contributed by atoms with Crippen molar-refractivity contribution in [2.45, 2.75) is 31.8 Å². The van der Waals surface area contributed by atoms with E-state index in [4.69, 9.17) is 0 Å². The highest BCUT2D eigenvalue weighted by molar-refractivity contribution is 6.00. The van der Waals surface area contributed by atoms with E-state index in [0.717, 1.165) is 37.1 Å². The Hall–Kier alpha value is -2.53. The summed E-state index contributed by atoms with van der Waals surface area (Å²) in [5, 5.41) is 3.35. The van der Waals surface area contributed by atoms with Gasteiger partial charge < -0.3 is 10.2 Å².